The first-order chi connectivity index (χ1) is 12.0. The zero-order valence-corrected chi connectivity index (χ0v) is 18.7. The van der Waals surface area contributed by atoms with Crippen LogP contribution in [-0.4, -0.2) is 51.3 Å². The van der Waals surface area contributed by atoms with Gasteiger partial charge in [0.25, 0.3) is 0 Å². The second kappa shape index (κ2) is 10.6. The molecule has 1 heterocycles. The highest BCUT2D eigenvalue weighted by atomic mass is 127. The van der Waals surface area contributed by atoms with Crippen molar-refractivity contribution in [1.82, 2.24) is 10.2 Å². The molecule has 6 heteroatoms. The fourth-order valence-electron chi connectivity index (χ4n) is 2.83. The van der Waals surface area contributed by atoms with Gasteiger partial charge in [0.2, 0.25) is 0 Å². The molecule has 0 aromatic heterocycles. The summed E-state index contributed by atoms with van der Waals surface area (Å²) in [4.78, 5) is 6.55. The number of nitrogens with zero attached hydrogens (tertiary/aromatic N) is 2. The van der Waals surface area contributed by atoms with E-state index in [0.29, 0.717) is 13.2 Å². The van der Waals surface area contributed by atoms with Gasteiger partial charge < -0.3 is 19.7 Å². The summed E-state index contributed by atoms with van der Waals surface area (Å²) in [6.07, 6.45) is 4.05. The normalized spacial score (nSPS) is 13.6. The lowest BCUT2D eigenvalue weighted by Crippen LogP contribution is -2.44. The number of guanidine groups is 1. The molecule has 0 radical (unpaired) electrons. The second-order valence-electron chi connectivity index (χ2n) is 7.00. The predicted octanol–water partition coefficient (Wildman–Crippen LogP) is 3.83. The highest BCUT2D eigenvalue weighted by Gasteiger charge is 2.24. The average Bonchev–Trinajstić information content (AvgIpc) is 2.62. The average molecular weight is 473 g/mol. The topological polar surface area (TPSA) is 46.1 Å². The Morgan fingerprint density at radius 3 is 2.65 bits per heavy atom. The Kier molecular flexibility index (Phi) is 9.25. The molecule has 0 amide bonds. The van der Waals surface area contributed by atoms with Crippen LogP contribution in [0.25, 0.3) is 0 Å². The van der Waals surface area contributed by atoms with E-state index in [1.54, 1.807) is 0 Å². The van der Waals surface area contributed by atoms with Gasteiger partial charge in [0.1, 0.15) is 13.2 Å². The van der Waals surface area contributed by atoms with Crippen LogP contribution in [0.4, 0.5) is 0 Å². The van der Waals surface area contributed by atoms with Gasteiger partial charge in [-0.2, -0.15) is 0 Å². The highest BCUT2D eigenvalue weighted by Crippen LogP contribution is 2.34. The lowest BCUT2D eigenvalue weighted by atomic mass is 9.84. The van der Waals surface area contributed by atoms with Crippen LogP contribution in [0.1, 0.15) is 32.3 Å². The van der Waals surface area contributed by atoms with E-state index in [0.717, 1.165) is 43.4 Å². The van der Waals surface area contributed by atoms with Crippen molar-refractivity contribution in [2.45, 2.75) is 32.1 Å². The van der Waals surface area contributed by atoms with Crippen molar-refractivity contribution in [3.63, 3.8) is 0 Å². The van der Waals surface area contributed by atoms with Crippen molar-refractivity contribution in [2.75, 3.05) is 40.4 Å². The molecule has 0 fully saturated rings. The maximum absolute atomic E-state index is 5.71. The van der Waals surface area contributed by atoms with Gasteiger partial charge >= 0.3 is 0 Å². The number of hydrogen-bond acceptors (Lipinski definition) is 3. The molecule has 146 valence electrons. The van der Waals surface area contributed by atoms with Crippen molar-refractivity contribution < 1.29 is 9.47 Å². The molecule has 0 atom stereocenters. The van der Waals surface area contributed by atoms with Gasteiger partial charge in [-0.25, -0.2) is 0 Å². The third-order valence-corrected chi connectivity index (χ3v) is 4.49. The van der Waals surface area contributed by atoms with E-state index in [9.17, 15) is 0 Å². The summed E-state index contributed by atoms with van der Waals surface area (Å²) >= 11 is 0. The van der Waals surface area contributed by atoms with Crippen LogP contribution in [0.5, 0.6) is 11.5 Å². The zero-order chi connectivity index (χ0) is 18.3. The Bertz CT molecular complexity index is 617. The van der Waals surface area contributed by atoms with E-state index in [2.05, 4.69) is 54.8 Å². The molecule has 0 unspecified atom stereocenters. The van der Waals surface area contributed by atoms with Gasteiger partial charge in [-0.05, 0) is 30.5 Å². The van der Waals surface area contributed by atoms with Gasteiger partial charge in [-0.15, -0.1) is 30.6 Å². The van der Waals surface area contributed by atoms with Crippen LogP contribution in [0.3, 0.4) is 0 Å². The van der Waals surface area contributed by atoms with Crippen molar-refractivity contribution in [1.29, 1.82) is 0 Å². The van der Waals surface area contributed by atoms with E-state index in [1.165, 1.54) is 5.56 Å². The lowest BCUT2D eigenvalue weighted by Gasteiger charge is -2.30. The number of benzene rings is 1. The molecule has 26 heavy (non-hydrogen) atoms. The molecule has 1 N–H and O–H groups in total. The Hall–Kier alpha value is -1.44. The predicted molar refractivity (Wildman–Crippen MR) is 119 cm³/mol. The number of nitrogens with one attached hydrogen (secondary N) is 1. The van der Waals surface area contributed by atoms with Crippen LogP contribution in [-0.2, 0) is 5.41 Å². The van der Waals surface area contributed by atoms with Gasteiger partial charge in [0.15, 0.2) is 17.5 Å². The zero-order valence-electron chi connectivity index (χ0n) is 16.4. The smallest absolute Gasteiger partial charge is 0.193 e. The monoisotopic (exact) mass is 473 g/mol. The molecule has 0 bridgehead atoms. The number of allylic oxidation sites excluding steroid dienone is 1. The van der Waals surface area contributed by atoms with Crippen LogP contribution >= 0.6 is 24.0 Å². The van der Waals surface area contributed by atoms with Crippen LogP contribution in [0.2, 0.25) is 0 Å². The summed E-state index contributed by atoms with van der Waals surface area (Å²) in [5.74, 6) is 2.58. The van der Waals surface area contributed by atoms with Crippen LogP contribution in [0, 0.1) is 0 Å². The largest absolute Gasteiger partial charge is 0.486 e. The summed E-state index contributed by atoms with van der Waals surface area (Å²) < 4.78 is 11.3. The Labute approximate surface area is 174 Å². The standard InChI is InChI=1S/C20H31N3O2.HI/c1-6-7-8-11-23(5)19(21-4)22-15-20(2,3)16-9-10-17-18(14-16)25-13-12-24-17;/h6,9-10,14H,1,7-8,11-13,15H2,2-5H3,(H,21,22);1H. The van der Waals surface area contributed by atoms with Crippen molar-refractivity contribution >= 4 is 29.9 Å². The first-order valence-corrected chi connectivity index (χ1v) is 8.91. The maximum Gasteiger partial charge on any atom is 0.193 e. The molecule has 0 aliphatic carbocycles. The van der Waals surface area contributed by atoms with Gasteiger partial charge in [-0.1, -0.05) is 26.0 Å². The van der Waals surface area contributed by atoms with E-state index in [1.807, 2.05) is 19.2 Å². The lowest BCUT2D eigenvalue weighted by molar-refractivity contribution is 0.171. The van der Waals surface area contributed by atoms with E-state index in [-0.39, 0.29) is 29.4 Å². The van der Waals surface area contributed by atoms with E-state index >= 15 is 0 Å². The third-order valence-electron chi connectivity index (χ3n) is 4.49. The molecule has 1 aromatic carbocycles. The molecule has 5 nitrogen and oxygen atoms in total. The molecule has 2 rings (SSSR count). The second-order valence-corrected chi connectivity index (χ2v) is 7.00. The molecule has 1 aromatic rings. The molecule has 0 spiro atoms. The highest BCUT2D eigenvalue weighted by molar-refractivity contribution is 14.0. The SMILES string of the molecule is C=CCCCN(C)C(=NC)NCC(C)(C)c1ccc2c(c1)OCCO2.I. The minimum absolute atomic E-state index is 0. The Morgan fingerprint density at radius 1 is 1.31 bits per heavy atom. The number of aliphatic imine (C=N–C) groups is 1. The first-order valence-electron chi connectivity index (χ1n) is 8.91. The summed E-state index contributed by atoms with van der Waals surface area (Å²) in [5.41, 5.74) is 1.15. The molecule has 1 aliphatic heterocycles. The summed E-state index contributed by atoms with van der Waals surface area (Å²) in [6.45, 7) is 11.2. The molecule has 0 saturated heterocycles. The first kappa shape index (κ1) is 22.6. The summed E-state index contributed by atoms with van der Waals surface area (Å²) in [6, 6.07) is 6.21. The van der Waals surface area contributed by atoms with Crippen molar-refractivity contribution in [3.8, 4) is 11.5 Å². The number of rotatable bonds is 7. The number of fused-ring (bicyclic) bond motifs is 1. The molecular formula is C20H32IN3O2. The van der Waals surface area contributed by atoms with Crippen molar-refractivity contribution in [2.24, 2.45) is 4.99 Å². The summed E-state index contributed by atoms with van der Waals surface area (Å²) in [5, 5.41) is 3.49. The fraction of sp³-hybridized carbons (Fsp3) is 0.550. The molecular weight excluding hydrogens is 441 g/mol. The van der Waals surface area contributed by atoms with Gasteiger partial charge in [-0.3, -0.25) is 4.99 Å². The number of halogens is 1. The van der Waals surface area contributed by atoms with E-state index in [4.69, 9.17) is 9.47 Å². The number of hydrogen-bond donors (Lipinski definition) is 1. The molecule has 1 aliphatic rings. The maximum atomic E-state index is 5.71. The number of ether oxygens (including phenoxy) is 2. The van der Waals surface area contributed by atoms with Gasteiger partial charge in [0, 0.05) is 32.6 Å². The minimum atomic E-state index is -0.0618. The molecule has 0 saturated carbocycles. The van der Waals surface area contributed by atoms with Crippen LogP contribution in [0.15, 0.2) is 35.8 Å². The number of unbranched alkanes of at least 4 members (excludes halogenated alkanes) is 1. The van der Waals surface area contributed by atoms with Crippen LogP contribution < -0.4 is 14.8 Å². The van der Waals surface area contributed by atoms with E-state index < -0.39 is 0 Å². The third kappa shape index (κ3) is 6.07. The van der Waals surface area contributed by atoms with Crippen molar-refractivity contribution in [3.05, 3.63) is 36.4 Å². The minimum Gasteiger partial charge on any atom is -0.486 e. The summed E-state index contributed by atoms with van der Waals surface area (Å²) in [7, 11) is 3.89. The van der Waals surface area contributed by atoms with Gasteiger partial charge in [0.05, 0.1) is 0 Å². The Balaban J connectivity index is 0.00000338. The fourth-order valence-corrected chi connectivity index (χ4v) is 2.83. The quantitative estimate of drug-likeness (QED) is 0.215. The Morgan fingerprint density at radius 2 is 2.00 bits per heavy atom.